The van der Waals surface area contributed by atoms with E-state index in [2.05, 4.69) is 29.6 Å². The molecule has 0 spiro atoms. The molecule has 2 N–H and O–H groups in total. The molecule has 7 nitrogen and oxygen atoms in total. The number of ether oxygens (including phenoxy) is 1. The van der Waals surface area contributed by atoms with Gasteiger partial charge in [0.2, 0.25) is 5.91 Å². The summed E-state index contributed by atoms with van der Waals surface area (Å²) in [5, 5.41) is 11.8. The Morgan fingerprint density at radius 2 is 1.73 bits per heavy atom. The number of likely N-dealkylation sites (tertiary alicyclic amines) is 1. The Morgan fingerprint density at radius 1 is 1.09 bits per heavy atom. The maximum atomic E-state index is 13.0. The van der Waals surface area contributed by atoms with Gasteiger partial charge in [-0.3, -0.25) is 9.59 Å². The Kier molecular flexibility index (Phi) is 6.96. The molecule has 1 fully saturated rings. The number of carbonyl (C=O) groups is 3. The van der Waals surface area contributed by atoms with Crippen LogP contribution in [0, 0.1) is 5.92 Å². The first-order valence-electron chi connectivity index (χ1n) is 11.6. The summed E-state index contributed by atoms with van der Waals surface area (Å²) in [6.07, 6.45) is 1.35. The zero-order valence-electron chi connectivity index (χ0n) is 18.8. The van der Waals surface area contributed by atoms with Gasteiger partial charge in [-0.1, -0.05) is 61.9 Å². The summed E-state index contributed by atoms with van der Waals surface area (Å²) in [5.41, 5.74) is 4.58. The molecule has 7 heteroatoms. The second-order valence-corrected chi connectivity index (χ2v) is 8.85. The molecule has 0 radical (unpaired) electrons. The quantitative estimate of drug-likeness (QED) is 0.633. The van der Waals surface area contributed by atoms with E-state index in [0.29, 0.717) is 25.9 Å². The maximum absolute atomic E-state index is 13.0. The number of hydrogen-bond acceptors (Lipinski definition) is 4. The van der Waals surface area contributed by atoms with Crippen LogP contribution in [0.25, 0.3) is 11.1 Å². The number of hydrogen-bond donors (Lipinski definition) is 2. The molecule has 2 aliphatic rings. The highest BCUT2D eigenvalue weighted by Gasteiger charge is 2.33. The first kappa shape index (κ1) is 22.8. The van der Waals surface area contributed by atoms with Gasteiger partial charge < -0.3 is 20.1 Å². The average molecular weight is 451 g/mol. The minimum atomic E-state index is -0.851. The van der Waals surface area contributed by atoms with Crippen LogP contribution in [0.4, 0.5) is 4.79 Å². The normalized spacial score (nSPS) is 17.8. The lowest BCUT2D eigenvalue weighted by atomic mass is 9.98. The molecule has 1 unspecified atom stereocenters. The lowest BCUT2D eigenvalue weighted by molar-refractivity contribution is -0.138. The number of nitrogens with one attached hydrogen (secondary N) is 1. The molecule has 2 atom stereocenters. The van der Waals surface area contributed by atoms with Crippen LogP contribution in [0.1, 0.15) is 49.7 Å². The van der Waals surface area contributed by atoms with Crippen molar-refractivity contribution in [1.82, 2.24) is 10.2 Å². The van der Waals surface area contributed by atoms with Gasteiger partial charge in [0.1, 0.15) is 12.6 Å². The molecule has 174 valence electrons. The van der Waals surface area contributed by atoms with Crippen molar-refractivity contribution >= 4 is 18.0 Å². The van der Waals surface area contributed by atoms with Gasteiger partial charge in [0.25, 0.3) is 0 Å². The van der Waals surface area contributed by atoms with E-state index in [0.717, 1.165) is 28.7 Å². The van der Waals surface area contributed by atoms with Crippen molar-refractivity contribution in [1.29, 1.82) is 0 Å². The lowest BCUT2D eigenvalue weighted by Gasteiger charge is -2.24. The third kappa shape index (κ3) is 5.02. The van der Waals surface area contributed by atoms with Crippen molar-refractivity contribution in [2.45, 2.75) is 44.6 Å². The molecule has 0 bridgehead atoms. The zero-order chi connectivity index (χ0) is 23.4. The number of nitrogens with zero attached hydrogens (tertiary/aromatic N) is 1. The first-order valence-corrected chi connectivity index (χ1v) is 11.6. The van der Waals surface area contributed by atoms with Crippen LogP contribution in [-0.4, -0.2) is 53.7 Å². The molecule has 1 saturated heterocycles. The molecule has 4 rings (SSSR count). The fourth-order valence-electron chi connectivity index (χ4n) is 5.00. The van der Waals surface area contributed by atoms with E-state index < -0.39 is 18.1 Å². The van der Waals surface area contributed by atoms with Gasteiger partial charge in [0, 0.05) is 25.4 Å². The molecular formula is C26H30N2O5. The smallest absolute Gasteiger partial charge is 0.407 e. The van der Waals surface area contributed by atoms with E-state index in [9.17, 15) is 14.4 Å². The Hall–Kier alpha value is -3.35. The van der Waals surface area contributed by atoms with Gasteiger partial charge in [-0.05, 0) is 41.0 Å². The largest absolute Gasteiger partial charge is 0.481 e. The summed E-state index contributed by atoms with van der Waals surface area (Å²) in [6.45, 7) is 3.08. The second-order valence-electron chi connectivity index (χ2n) is 8.85. The molecular weight excluding hydrogens is 420 g/mol. The second kappa shape index (κ2) is 10.1. The van der Waals surface area contributed by atoms with Crippen molar-refractivity contribution in [2.24, 2.45) is 5.92 Å². The molecule has 1 aliphatic carbocycles. The summed E-state index contributed by atoms with van der Waals surface area (Å²) < 4.78 is 5.60. The molecule has 1 heterocycles. The molecule has 2 aromatic carbocycles. The number of amides is 2. The van der Waals surface area contributed by atoms with E-state index >= 15 is 0 Å². The van der Waals surface area contributed by atoms with Gasteiger partial charge in [0.15, 0.2) is 0 Å². The Bertz CT molecular complexity index is 991. The minimum absolute atomic E-state index is 0.0387. The number of carbonyl (C=O) groups excluding carboxylic acids is 2. The van der Waals surface area contributed by atoms with Crippen LogP contribution in [0.15, 0.2) is 48.5 Å². The number of aliphatic carboxylic acids is 1. The standard InChI is InChI=1S/C26H30N2O5/c1-2-7-23(25(31)28-13-12-17(15-28)14-24(29)30)27-26(32)33-16-22-20-10-5-3-8-18(20)19-9-4-6-11-21(19)22/h3-6,8-11,17,22-23H,2,7,12-16H2,1H3,(H,27,32)(H,29,30)/t17?,23-/m0/s1. The highest BCUT2D eigenvalue weighted by Crippen LogP contribution is 2.44. The van der Waals surface area contributed by atoms with E-state index in [1.165, 1.54) is 0 Å². The third-order valence-electron chi connectivity index (χ3n) is 6.57. The van der Waals surface area contributed by atoms with E-state index in [-0.39, 0.29) is 30.8 Å². The Morgan fingerprint density at radius 3 is 2.33 bits per heavy atom. The van der Waals surface area contributed by atoms with Crippen molar-refractivity contribution in [2.75, 3.05) is 19.7 Å². The first-order chi connectivity index (χ1) is 16.0. The number of fused-ring (bicyclic) bond motifs is 3. The number of rotatable bonds is 8. The molecule has 0 saturated carbocycles. The molecule has 1 aliphatic heterocycles. The zero-order valence-corrected chi connectivity index (χ0v) is 18.8. The Balaban J connectivity index is 1.37. The van der Waals surface area contributed by atoms with Crippen LogP contribution in [0.5, 0.6) is 0 Å². The van der Waals surface area contributed by atoms with Gasteiger partial charge in [-0.25, -0.2) is 4.79 Å². The molecule has 0 aromatic heterocycles. The number of carboxylic acids is 1. The third-order valence-corrected chi connectivity index (χ3v) is 6.57. The molecule has 33 heavy (non-hydrogen) atoms. The van der Waals surface area contributed by atoms with Gasteiger partial charge in [0.05, 0.1) is 0 Å². The monoisotopic (exact) mass is 450 g/mol. The minimum Gasteiger partial charge on any atom is -0.481 e. The van der Waals surface area contributed by atoms with Gasteiger partial charge >= 0.3 is 12.1 Å². The van der Waals surface area contributed by atoms with Crippen molar-refractivity contribution in [3.05, 3.63) is 59.7 Å². The summed E-state index contributed by atoms with van der Waals surface area (Å²) in [7, 11) is 0. The van der Waals surface area contributed by atoms with Crippen LogP contribution in [0.2, 0.25) is 0 Å². The van der Waals surface area contributed by atoms with Crippen molar-refractivity contribution in [3.63, 3.8) is 0 Å². The van der Waals surface area contributed by atoms with E-state index in [1.807, 2.05) is 31.2 Å². The van der Waals surface area contributed by atoms with Gasteiger partial charge in [-0.15, -0.1) is 0 Å². The lowest BCUT2D eigenvalue weighted by Crippen LogP contribution is -2.48. The molecule has 2 aromatic rings. The summed E-state index contributed by atoms with van der Waals surface area (Å²) in [4.78, 5) is 38.3. The van der Waals surface area contributed by atoms with Crippen LogP contribution in [0.3, 0.4) is 0 Å². The summed E-state index contributed by atoms with van der Waals surface area (Å²) in [5.74, 6) is -1.10. The highest BCUT2D eigenvalue weighted by molar-refractivity contribution is 5.86. The SMILES string of the molecule is CCC[C@H](NC(=O)OCC1c2ccccc2-c2ccccc21)C(=O)N1CCC(CC(=O)O)C1. The van der Waals surface area contributed by atoms with Gasteiger partial charge in [-0.2, -0.15) is 0 Å². The predicted octanol–water partition coefficient (Wildman–Crippen LogP) is 4.02. The molecule has 2 amide bonds. The van der Waals surface area contributed by atoms with Crippen LogP contribution >= 0.6 is 0 Å². The number of alkyl carbamates (subject to hydrolysis) is 1. The maximum Gasteiger partial charge on any atom is 0.407 e. The number of benzene rings is 2. The summed E-state index contributed by atoms with van der Waals surface area (Å²) in [6, 6.07) is 15.6. The van der Waals surface area contributed by atoms with Crippen LogP contribution < -0.4 is 5.32 Å². The fraction of sp³-hybridized carbons (Fsp3) is 0.423. The highest BCUT2D eigenvalue weighted by atomic mass is 16.5. The van der Waals surface area contributed by atoms with E-state index in [1.54, 1.807) is 4.90 Å². The van der Waals surface area contributed by atoms with Crippen molar-refractivity contribution in [3.8, 4) is 11.1 Å². The fourth-order valence-corrected chi connectivity index (χ4v) is 5.00. The Labute approximate surface area is 193 Å². The van der Waals surface area contributed by atoms with Crippen molar-refractivity contribution < 1.29 is 24.2 Å². The predicted molar refractivity (Wildman–Crippen MR) is 124 cm³/mol. The summed E-state index contributed by atoms with van der Waals surface area (Å²) >= 11 is 0. The van der Waals surface area contributed by atoms with E-state index in [4.69, 9.17) is 9.84 Å². The van der Waals surface area contributed by atoms with Crippen LogP contribution in [-0.2, 0) is 14.3 Å². The number of carboxylic acid groups (broad SMARTS) is 1. The topological polar surface area (TPSA) is 95.9 Å². The average Bonchev–Trinajstić information content (AvgIpc) is 3.39.